The fraction of sp³-hybridized carbons (Fsp3) is 0.0769. The highest BCUT2D eigenvalue weighted by Gasteiger charge is 2.13. The van der Waals surface area contributed by atoms with Crippen LogP contribution in [0.3, 0.4) is 0 Å². The molecule has 2 rings (SSSR count). The summed E-state index contributed by atoms with van der Waals surface area (Å²) < 4.78 is 0. The van der Waals surface area contributed by atoms with Gasteiger partial charge in [0.05, 0.1) is 5.69 Å². The van der Waals surface area contributed by atoms with Crippen molar-refractivity contribution in [3.05, 3.63) is 47.7 Å². The molecule has 0 radical (unpaired) electrons. The number of nitrogens with one attached hydrogen (secondary N) is 1. The first kappa shape index (κ1) is 10.2. The van der Waals surface area contributed by atoms with Crippen LogP contribution in [0.4, 0.5) is 5.82 Å². The van der Waals surface area contributed by atoms with E-state index in [0.717, 1.165) is 16.8 Å². The van der Waals surface area contributed by atoms with Crippen LogP contribution < -0.4 is 10.7 Å². The Balaban J connectivity index is 2.70. The number of pyridine rings is 1. The predicted octanol–water partition coefficient (Wildman–Crippen LogP) is 1.93. The Morgan fingerprint density at radius 2 is 1.94 bits per heavy atom. The fourth-order valence-electron chi connectivity index (χ4n) is 1.71. The zero-order valence-corrected chi connectivity index (χ0v) is 8.99. The second kappa shape index (κ2) is 4.03. The molecule has 16 heavy (non-hydrogen) atoms. The van der Waals surface area contributed by atoms with Gasteiger partial charge in [0.25, 0.3) is 5.82 Å². The zero-order chi connectivity index (χ0) is 11.5. The Labute approximate surface area is 94.2 Å². The first-order chi connectivity index (χ1) is 7.72. The summed E-state index contributed by atoms with van der Waals surface area (Å²) in [7, 11) is 0. The van der Waals surface area contributed by atoms with Gasteiger partial charge in [0.2, 0.25) is 0 Å². The monoisotopic (exact) mass is 210 g/mol. The maximum absolute atomic E-state index is 9.10. The summed E-state index contributed by atoms with van der Waals surface area (Å²) in [6.45, 7) is 1.92. The van der Waals surface area contributed by atoms with Gasteiger partial charge in [0.15, 0.2) is 0 Å². The Kier molecular flexibility index (Phi) is 2.57. The van der Waals surface area contributed by atoms with Crippen LogP contribution in [0, 0.1) is 18.3 Å². The van der Waals surface area contributed by atoms with Gasteiger partial charge < -0.3 is 0 Å². The summed E-state index contributed by atoms with van der Waals surface area (Å²) in [6, 6.07) is 13.8. The average molecular weight is 210 g/mol. The van der Waals surface area contributed by atoms with Crippen LogP contribution in [0.25, 0.3) is 11.1 Å². The van der Waals surface area contributed by atoms with Crippen LogP contribution in [-0.2, 0) is 0 Å². The number of aryl methyl sites for hydroxylation is 1. The highest BCUT2D eigenvalue weighted by Crippen LogP contribution is 2.25. The Morgan fingerprint density at radius 1 is 1.25 bits per heavy atom. The molecule has 0 aliphatic rings. The minimum atomic E-state index is 0.418. The summed E-state index contributed by atoms with van der Waals surface area (Å²) in [6.07, 6.45) is 0. The van der Waals surface area contributed by atoms with E-state index < -0.39 is 0 Å². The Hall–Kier alpha value is -2.34. The molecule has 0 spiro atoms. The lowest BCUT2D eigenvalue weighted by atomic mass is 10.0. The lowest BCUT2D eigenvalue weighted by Crippen LogP contribution is -2.16. The van der Waals surface area contributed by atoms with Crippen molar-refractivity contribution in [3.63, 3.8) is 0 Å². The van der Waals surface area contributed by atoms with E-state index in [1.807, 2.05) is 43.3 Å². The quantitative estimate of drug-likeness (QED) is 0.781. The number of anilines is 1. The van der Waals surface area contributed by atoms with Gasteiger partial charge in [0, 0.05) is 5.56 Å². The first-order valence-electron chi connectivity index (χ1n) is 5.00. The number of hydrogen-bond acceptors (Lipinski definition) is 2. The molecule has 0 saturated heterocycles. The van der Waals surface area contributed by atoms with Crippen LogP contribution >= 0.6 is 0 Å². The van der Waals surface area contributed by atoms with Gasteiger partial charge in [-0.25, -0.2) is 4.98 Å². The first-order valence-corrected chi connectivity index (χ1v) is 5.00. The molecule has 2 aromatic rings. The molecular weight excluding hydrogens is 198 g/mol. The summed E-state index contributed by atoms with van der Waals surface area (Å²) in [4.78, 5) is 2.96. The molecule has 0 fully saturated rings. The molecule has 3 nitrogen and oxygen atoms in total. The molecule has 0 aliphatic carbocycles. The molecule has 0 bridgehead atoms. The van der Waals surface area contributed by atoms with Gasteiger partial charge in [-0.3, -0.25) is 5.73 Å². The van der Waals surface area contributed by atoms with E-state index in [4.69, 9.17) is 11.0 Å². The molecule has 0 saturated carbocycles. The number of H-pyrrole nitrogens is 1. The summed E-state index contributed by atoms with van der Waals surface area (Å²) in [5, 5.41) is 9.10. The van der Waals surface area contributed by atoms with Gasteiger partial charge in [0.1, 0.15) is 11.6 Å². The smallest absolute Gasteiger partial charge is 0.286 e. The number of rotatable bonds is 1. The standard InChI is InChI=1S/C13H11N3/c1-9-7-11(10-5-3-2-4-6-10)12(8-14)13(15)16-9/h2-7H,1H3,(H2,15,16)/p+1. The van der Waals surface area contributed by atoms with Crippen molar-refractivity contribution in [1.82, 2.24) is 0 Å². The van der Waals surface area contributed by atoms with Gasteiger partial charge in [-0.15, -0.1) is 0 Å². The maximum atomic E-state index is 9.10. The van der Waals surface area contributed by atoms with Crippen molar-refractivity contribution >= 4 is 5.82 Å². The molecule has 3 heteroatoms. The third-order valence-electron chi connectivity index (χ3n) is 2.43. The van der Waals surface area contributed by atoms with E-state index >= 15 is 0 Å². The molecule has 1 aromatic carbocycles. The van der Waals surface area contributed by atoms with Crippen LogP contribution in [0.2, 0.25) is 0 Å². The highest BCUT2D eigenvalue weighted by molar-refractivity contribution is 5.74. The molecule has 0 aliphatic heterocycles. The summed E-state index contributed by atoms with van der Waals surface area (Å²) >= 11 is 0. The third kappa shape index (κ3) is 1.73. The van der Waals surface area contributed by atoms with Crippen molar-refractivity contribution in [1.29, 1.82) is 5.26 Å². The van der Waals surface area contributed by atoms with E-state index in [0.29, 0.717) is 11.4 Å². The number of aromatic amines is 1. The topological polar surface area (TPSA) is 64.0 Å². The van der Waals surface area contributed by atoms with Crippen LogP contribution in [0.1, 0.15) is 11.3 Å². The minimum absolute atomic E-state index is 0.418. The molecule has 0 unspecified atom stereocenters. The maximum Gasteiger partial charge on any atom is 0.289 e. The lowest BCUT2D eigenvalue weighted by molar-refractivity contribution is -0.370. The number of aromatic nitrogens is 1. The third-order valence-corrected chi connectivity index (χ3v) is 2.43. The molecular formula is C13H12N3+. The molecule has 0 amide bonds. The number of nitrogens with zero attached hydrogens (tertiary/aromatic N) is 1. The fourth-order valence-corrected chi connectivity index (χ4v) is 1.71. The molecule has 3 N–H and O–H groups in total. The van der Waals surface area contributed by atoms with E-state index in [-0.39, 0.29) is 0 Å². The largest absolute Gasteiger partial charge is 0.289 e. The van der Waals surface area contributed by atoms with Crippen molar-refractivity contribution in [2.24, 2.45) is 0 Å². The van der Waals surface area contributed by atoms with Crippen LogP contribution in [0.15, 0.2) is 36.4 Å². The lowest BCUT2D eigenvalue weighted by Gasteiger charge is -2.04. The Bertz CT molecular complexity index is 553. The molecule has 1 heterocycles. The predicted molar refractivity (Wildman–Crippen MR) is 62.3 cm³/mol. The number of benzene rings is 1. The van der Waals surface area contributed by atoms with Crippen LogP contribution in [-0.4, -0.2) is 0 Å². The number of nitrogens with two attached hydrogens (primary N) is 1. The van der Waals surface area contributed by atoms with Gasteiger partial charge in [-0.05, 0) is 18.6 Å². The number of hydrogen-bond donors (Lipinski definition) is 1. The zero-order valence-electron chi connectivity index (χ0n) is 8.99. The van der Waals surface area contributed by atoms with E-state index in [1.165, 1.54) is 0 Å². The number of nitriles is 1. The van der Waals surface area contributed by atoms with Crippen molar-refractivity contribution < 1.29 is 4.98 Å². The Morgan fingerprint density at radius 3 is 2.56 bits per heavy atom. The normalized spacial score (nSPS) is 9.75. The van der Waals surface area contributed by atoms with E-state index in [9.17, 15) is 0 Å². The molecule has 1 aromatic heterocycles. The van der Waals surface area contributed by atoms with E-state index in [1.54, 1.807) is 0 Å². The minimum Gasteiger partial charge on any atom is -0.286 e. The van der Waals surface area contributed by atoms with Gasteiger partial charge >= 0.3 is 0 Å². The molecule has 78 valence electrons. The second-order valence-corrected chi connectivity index (χ2v) is 3.63. The summed E-state index contributed by atoms with van der Waals surface area (Å²) in [5.41, 5.74) is 9.10. The summed E-state index contributed by atoms with van der Waals surface area (Å²) in [5.74, 6) is 0.418. The van der Waals surface area contributed by atoms with Crippen molar-refractivity contribution in [2.75, 3.05) is 5.73 Å². The SMILES string of the molecule is Cc1cc(-c2ccccc2)c(C#N)c(N)[nH+]1. The number of nitrogen functional groups attached to an aromatic ring is 1. The second-order valence-electron chi connectivity index (χ2n) is 3.63. The molecule has 0 atom stereocenters. The van der Waals surface area contributed by atoms with Gasteiger partial charge in [-0.1, -0.05) is 30.3 Å². The average Bonchev–Trinajstić information content (AvgIpc) is 2.29. The van der Waals surface area contributed by atoms with Crippen molar-refractivity contribution in [3.8, 4) is 17.2 Å². The highest BCUT2D eigenvalue weighted by atomic mass is 14.8. The van der Waals surface area contributed by atoms with Crippen molar-refractivity contribution in [2.45, 2.75) is 6.92 Å². The van der Waals surface area contributed by atoms with Crippen LogP contribution in [0.5, 0.6) is 0 Å². The van der Waals surface area contributed by atoms with E-state index in [2.05, 4.69) is 11.1 Å². The van der Waals surface area contributed by atoms with Gasteiger partial charge in [-0.2, -0.15) is 5.26 Å².